The van der Waals surface area contributed by atoms with Crippen molar-refractivity contribution in [1.82, 2.24) is 4.98 Å². The molecule has 0 saturated carbocycles. The number of carboxylic acid groups (broad SMARTS) is 1. The van der Waals surface area contributed by atoms with Gasteiger partial charge in [0.2, 0.25) is 0 Å². The molecule has 1 aromatic carbocycles. The van der Waals surface area contributed by atoms with E-state index in [0.717, 1.165) is 10.7 Å². The molecular weight excluding hydrogens is 260 g/mol. The molecule has 0 aliphatic heterocycles. The van der Waals surface area contributed by atoms with Gasteiger partial charge in [0.25, 0.3) is 0 Å². The first-order valence-electron chi connectivity index (χ1n) is 6.07. The summed E-state index contributed by atoms with van der Waals surface area (Å²) in [6.07, 6.45) is 1.86. The van der Waals surface area contributed by atoms with Crippen LogP contribution >= 0.6 is 11.3 Å². The molecule has 0 aliphatic rings. The van der Waals surface area contributed by atoms with Crippen molar-refractivity contribution in [1.29, 1.82) is 0 Å². The molecule has 0 aliphatic carbocycles. The van der Waals surface area contributed by atoms with Gasteiger partial charge in [0.15, 0.2) is 5.13 Å². The smallest absolute Gasteiger partial charge is 0.305 e. The fraction of sp³-hybridized carbons (Fsp3) is 0.286. The molecule has 1 aromatic heterocycles. The highest BCUT2D eigenvalue weighted by molar-refractivity contribution is 7.13. The Hall–Kier alpha value is -1.88. The Kier molecular flexibility index (Phi) is 4.52. The molecule has 1 heterocycles. The number of nitrogens with zero attached hydrogens (tertiary/aromatic N) is 2. The second-order valence-electron chi connectivity index (χ2n) is 4.37. The summed E-state index contributed by atoms with van der Waals surface area (Å²) in [7, 11) is 0. The third-order valence-electron chi connectivity index (χ3n) is 2.78. The topological polar surface area (TPSA) is 53.4 Å². The number of benzene rings is 1. The van der Waals surface area contributed by atoms with Gasteiger partial charge in [-0.1, -0.05) is 29.8 Å². The van der Waals surface area contributed by atoms with Crippen LogP contribution in [0.1, 0.15) is 17.5 Å². The largest absolute Gasteiger partial charge is 0.481 e. The molecule has 0 radical (unpaired) electrons. The lowest BCUT2D eigenvalue weighted by molar-refractivity contribution is -0.136. The number of hydrogen-bond acceptors (Lipinski definition) is 4. The molecular formula is C14H16N2O2S. The van der Waals surface area contributed by atoms with Crippen molar-refractivity contribution in [3.63, 3.8) is 0 Å². The van der Waals surface area contributed by atoms with Crippen LogP contribution in [0.4, 0.5) is 5.13 Å². The van der Waals surface area contributed by atoms with Gasteiger partial charge < -0.3 is 10.0 Å². The Morgan fingerprint density at radius 3 is 2.68 bits per heavy atom. The van der Waals surface area contributed by atoms with E-state index in [1.54, 1.807) is 6.20 Å². The second kappa shape index (κ2) is 6.33. The van der Waals surface area contributed by atoms with E-state index < -0.39 is 5.97 Å². The summed E-state index contributed by atoms with van der Waals surface area (Å²) in [5, 5.41) is 11.6. The van der Waals surface area contributed by atoms with E-state index in [9.17, 15) is 4.79 Å². The van der Waals surface area contributed by atoms with Crippen molar-refractivity contribution in [2.75, 3.05) is 11.4 Å². The lowest BCUT2D eigenvalue weighted by atomic mass is 10.1. The van der Waals surface area contributed by atoms with Crippen LogP contribution in [-0.2, 0) is 11.3 Å². The summed E-state index contributed by atoms with van der Waals surface area (Å²) in [4.78, 5) is 17.0. The highest BCUT2D eigenvalue weighted by Crippen LogP contribution is 2.20. The van der Waals surface area contributed by atoms with Crippen LogP contribution in [0.2, 0.25) is 0 Å². The Morgan fingerprint density at radius 2 is 2.11 bits per heavy atom. The Morgan fingerprint density at radius 1 is 1.37 bits per heavy atom. The maximum Gasteiger partial charge on any atom is 0.305 e. The fourth-order valence-corrected chi connectivity index (χ4v) is 2.43. The van der Waals surface area contributed by atoms with Gasteiger partial charge in [0.05, 0.1) is 6.42 Å². The van der Waals surface area contributed by atoms with E-state index in [4.69, 9.17) is 5.11 Å². The van der Waals surface area contributed by atoms with Gasteiger partial charge in [-0.05, 0) is 12.5 Å². The average molecular weight is 276 g/mol. The van der Waals surface area contributed by atoms with E-state index >= 15 is 0 Å². The minimum absolute atomic E-state index is 0.117. The normalized spacial score (nSPS) is 10.4. The van der Waals surface area contributed by atoms with Crippen LogP contribution in [-0.4, -0.2) is 22.6 Å². The molecule has 0 bridgehead atoms. The van der Waals surface area contributed by atoms with Crippen molar-refractivity contribution in [3.05, 3.63) is 47.0 Å². The van der Waals surface area contributed by atoms with Crippen molar-refractivity contribution in [3.8, 4) is 0 Å². The zero-order valence-corrected chi connectivity index (χ0v) is 11.6. The first-order chi connectivity index (χ1) is 9.15. The molecule has 0 fully saturated rings. The van der Waals surface area contributed by atoms with Crippen LogP contribution < -0.4 is 4.90 Å². The number of hydrogen-bond donors (Lipinski definition) is 1. The van der Waals surface area contributed by atoms with Gasteiger partial charge in [0.1, 0.15) is 0 Å². The summed E-state index contributed by atoms with van der Waals surface area (Å²) in [5.41, 5.74) is 2.38. The molecule has 4 nitrogen and oxygen atoms in total. The van der Waals surface area contributed by atoms with Gasteiger partial charge in [0, 0.05) is 24.7 Å². The quantitative estimate of drug-likeness (QED) is 0.881. The van der Waals surface area contributed by atoms with E-state index in [-0.39, 0.29) is 6.42 Å². The van der Waals surface area contributed by atoms with E-state index in [2.05, 4.69) is 29.2 Å². The highest BCUT2D eigenvalue weighted by Gasteiger charge is 2.11. The fourth-order valence-electron chi connectivity index (χ4n) is 1.76. The molecule has 1 N–H and O–H groups in total. The summed E-state index contributed by atoms with van der Waals surface area (Å²) in [6.45, 7) is 3.20. The van der Waals surface area contributed by atoms with Crippen LogP contribution in [0.3, 0.4) is 0 Å². The van der Waals surface area contributed by atoms with Crippen LogP contribution in [0.15, 0.2) is 35.8 Å². The average Bonchev–Trinajstić information content (AvgIpc) is 2.90. The number of carboxylic acids is 1. The lowest BCUT2D eigenvalue weighted by Crippen LogP contribution is -2.25. The number of anilines is 1. The standard InChI is InChI=1S/C14H16N2O2S/c1-11-2-4-12(5-3-11)10-16(8-6-13(17)18)14-15-7-9-19-14/h2-5,7,9H,6,8,10H2,1H3,(H,17,18). The second-order valence-corrected chi connectivity index (χ2v) is 5.24. The van der Waals surface area contributed by atoms with E-state index in [0.29, 0.717) is 13.1 Å². The van der Waals surface area contributed by atoms with Crippen LogP contribution in [0.5, 0.6) is 0 Å². The molecule has 0 amide bonds. The molecule has 100 valence electrons. The van der Waals surface area contributed by atoms with Gasteiger partial charge in [-0.2, -0.15) is 0 Å². The first-order valence-corrected chi connectivity index (χ1v) is 6.95. The third kappa shape index (κ3) is 4.06. The highest BCUT2D eigenvalue weighted by atomic mass is 32.1. The number of aliphatic carboxylic acids is 1. The molecule has 2 aromatic rings. The zero-order valence-electron chi connectivity index (χ0n) is 10.7. The number of carbonyl (C=O) groups is 1. The van der Waals surface area contributed by atoms with Crippen molar-refractivity contribution in [2.45, 2.75) is 19.9 Å². The number of thiazole rings is 1. The minimum atomic E-state index is -0.787. The third-order valence-corrected chi connectivity index (χ3v) is 3.61. The van der Waals surface area contributed by atoms with Crippen molar-refractivity contribution >= 4 is 22.4 Å². The first kappa shape index (κ1) is 13.5. The SMILES string of the molecule is Cc1ccc(CN(CCC(=O)O)c2nccs2)cc1. The van der Waals surface area contributed by atoms with Gasteiger partial charge in [-0.25, -0.2) is 4.98 Å². The minimum Gasteiger partial charge on any atom is -0.481 e. The maximum absolute atomic E-state index is 10.7. The summed E-state index contributed by atoms with van der Waals surface area (Å²) in [6, 6.07) is 8.26. The zero-order chi connectivity index (χ0) is 13.7. The lowest BCUT2D eigenvalue weighted by Gasteiger charge is -2.21. The predicted molar refractivity (Wildman–Crippen MR) is 76.6 cm³/mol. The monoisotopic (exact) mass is 276 g/mol. The van der Waals surface area contributed by atoms with E-state index in [1.165, 1.54) is 16.9 Å². The Balaban J connectivity index is 2.09. The summed E-state index contributed by atoms with van der Waals surface area (Å²) < 4.78 is 0. The number of aryl methyl sites for hydroxylation is 1. The molecule has 5 heteroatoms. The van der Waals surface area contributed by atoms with E-state index in [1.807, 2.05) is 17.2 Å². The Bertz CT molecular complexity index is 523. The van der Waals surface area contributed by atoms with Gasteiger partial charge >= 0.3 is 5.97 Å². The van der Waals surface area contributed by atoms with Gasteiger partial charge in [-0.3, -0.25) is 4.79 Å². The predicted octanol–water partition coefficient (Wildman–Crippen LogP) is 2.93. The molecule has 2 rings (SSSR count). The van der Waals surface area contributed by atoms with Crippen molar-refractivity contribution in [2.24, 2.45) is 0 Å². The van der Waals surface area contributed by atoms with Gasteiger partial charge in [-0.15, -0.1) is 11.3 Å². The number of aromatic nitrogens is 1. The molecule has 0 atom stereocenters. The van der Waals surface area contributed by atoms with Crippen LogP contribution in [0, 0.1) is 6.92 Å². The molecule has 19 heavy (non-hydrogen) atoms. The molecule has 0 saturated heterocycles. The summed E-state index contributed by atoms with van der Waals surface area (Å²) >= 11 is 1.53. The molecule has 0 unspecified atom stereocenters. The summed E-state index contributed by atoms with van der Waals surface area (Å²) in [5.74, 6) is -0.787. The van der Waals surface area contributed by atoms with Crippen LogP contribution in [0.25, 0.3) is 0 Å². The number of rotatable bonds is 6. The van der Waals surface area contributed by atoms with Crippen molar-refractivity contribution < 1.29 is 9.90 Å². The molecule has 0 spiro atoms. The Labute approximate surface area is 116 Å². The maximum atomic E-state index is 10.7.